The minimum Gasteiger partial charge on any atom is -0.352 e. The van der Waals surface area contributed by atoms with E-state index in [1.165, 1.54) is 25.7 Å². The number of amides is 1. The highest BCUT2D eigenvalue weighted by atomic mass is 32.1. The summed E-state index contributed by atoms with van der Waals surface area (Å²) in [5.41, 5.74) is 0. The molecule has 1 N–H and O–H groups in total. The van der Waals surface area contributed by atoms with E-state index in [2.05, 4.69) is 20.1 Å². The maximum atomic E-state index is 12.6. The molecule has 23 heavy (non-hydrogen) atoms. The van der Waals surface area contributed by atoms with Crippen molar-refractivity contribution < 1.29 is 4.79 Å². The van der Waals surface area contributed by atoms with E-state index < -0.39 is 0 Å². The molecule has 1 saturated carbocycles. The van der Waals surface area contributed by atoms with Crippen LogP contribution in [0.15, 0.2) is 11.6 Å². The third kappa shape index (κ3) is 4.44. The van der Waals surface area contributed by atoms with Gasteiger partial charge in [0.1, 0.15) is 0 Å². The smallest absolute Gasteiger partial charge is 0.237 e. The molecule has 6 heteroatoms. The zero-order chi connectivity index (χ0) is 16.1. The number of hydrogen-bond donors (Lipinski definition) is 1. The van der Waals surface area contributed by atoms with Crippen molar-refractivity contribution in [1.82, 2.24) is 15.2 Å². The van der Waals surface area contributed by atoms with Crippen LogP contribution in [0.1, 0.15) is 45.4 Å². The zero-order valence-corrected chi connectivity index (χ0v) is 14.9. The van der Waals surface area contributed by atoms with Gasteiger partial charge >= 0.3 is 0 Å². The largest absolute Gasteiger partial charge is 0.352 e. The quantitative estimate of drug-likeness (QED) is 0.858. The third-order valence-corrected chi connectivity index (χ3v) is 5.97. The van der Waals surface area contributed by atoms with E-state index in [9.17, 15) is 4.79 Å². The van der Waals surface area contributed by atoms with Crippen LogP contribution in [0, 0.1) is 0 Å². The number of nitrogens with zero attached hydrogens (tertiary/aromatic N) is 3. The molecule has 1 saturated heterocycles. The predicted octanol–water partition coefficient (Wildman–Crippen LogP) is 2.49. The van der Waals surface area contributed by atoms with Gasteiger partial charge in [0.2, 0.25) is 5.91 Å². The van der Waals surface area contributed by atoms with E-state index in [0.717, 1.165) is 44.2 Å². The molecule has 0 radical (unpaired) electrons. The average molecular weight is 337 g/mol. The summed E-state index contributed by atoms with van der Waals surface area (Å²) >= 11 is 1.69. The first-order chi connectivity index (χ1) is 11.2. The van der Waals surface area contributed by atoms with Crippen LogP contribution in [0.25, 0.3) is 0 Å². The van der Waals surface area contributed by atoms with Gasteiger partial charge in [-0.2, -0.15) is 0 Å². The Morgan fingerprint density at radius 1 is 1.22 bits per heavy atom. The number of piperazine rings is 1. The second kappa shape index (κ2) is 8.11. The molecule has 1 aromatic rings. The van der Waals surface area contributed by atoms with Crippen LogP contribution in [-0.4, -0.2) is 54.1 Å². The van der Waals surface area contributed by atoms with Crippen LogP contribution >= 0.6 is 11.3 Å². The highest BCUT2D eigenvalue weighted by Crippen LogP contribution is 2.20. The lowest BCUT2D eigenvalue weighted by Crippen LogP contribution is -2.55. The molecule has 2 aliphatic rings. The molecule has 5 nitrogen and oxygen atoms in total. The SMILES string of the molecule is C[C@@H](C(=O)NC1CCCCCC1)N1CCN(c2nccs2)CC1. The van der Waals surface area contributed by atoms with Gasteiger partial charge in [0.25, 0.3) is 0 Å². The van der Waals surface area contributed by atoms with E-state index in [1.54, 1.807) is 11.3 Å². The maximum absolute atomic E-state index is 12.6. The van der Waals surface area contributed by atoms with Gasteiger partial charge in [0, 0.05) is 43.8 Å². The number of hydrogen-bond acceptors (Lipinski definition) is 5. The van der Waals surface area contributed by atoms with Gasteiger partial charge in [-0.05, 0) is 19.8 Å². The maximum Gasteiger partial charge on any atom is 0.237 e. The van der Waals surface area contributed by atoms with Crippen LogP contribution in [0.4, 0.5) is 5.13 Å². The van der Waals surface area contributed by atoms with Crippen LogP contribution in [0.2, 0.25) is 0 Å². The number of aromatic nitrogens is 1. The highest BCUT2D eigenvalue weighted by Gasteiger charge is 2.27. The minimum absolute atomic E-state index is 0.0308. The summed E-state index contributed by atoms with van der Waals surface area (Å²) in [6.45, 7) is 5.81. The Balaban J connectivity index is 1.46. The number of anilines is 1. The van der Waals surface area contributed by atoms with Crippen molar-refractivity contribution in [3.63, 3.8) is 0 Å². The predicted molar refractivity (Wildman–Crippen MR) is 95.0 cm³/mol. The van der Waals surface area contributed by atoms with E-state index in [-0.39, 0.29) is 11.9 Å². The summed E-state index contributed by atoms with van der Waals surface area (Å²) in [5, 5.41) is 6.41. The van der Waals surface area contributed by atoms with Crippen LogP contribution in [-0.2, 0) is 4.79 Å². The van der Waals surface area contributed by atoms with Crippen molar-refractivity contribution in [3.05, 3.63) is 11.6 Å². The molecule has 1 aromatic heterocycles. The molecular weight excluding hydrogens is 308 g/mol. The molecule has 2 heterocycles. The molecule has 0 spiro atoms. The monoisotopic (exact) mass is 336 g/mol. The molecule has 128 valence electrons. The Labute approximate surface area is 143 Å². The number of nitrogens with one attached hydrogen (secondary N) is 1. The summed E-state index contributed by atoms with van der Waals surface area (Å²) in [7, 11) is 0. The molecule has 0 unspecified atom stereocenters. The van der Waals surface area contributed by atoms with Crippen LogP contribution in [0.3, 0.4) is 0 Å². The normalized spacial score (nSPS) is 22.6. The van der Waals surface area contributed by atoms with Crippen LogP contribution in [0.5, 0.6) is 0 Å². The van der Waals surface area contributed by atoms with Crippen molar-refractivity contribution in [2.24, 2.45) is 0 Å². The van der Waals surface area contributed by atoms with Crippen molar-refractivity contribution in [3.8, 4) is 0 Å². The number of carbonyl (C=O) groups excluding carboxylic acids is 1. The highest BCUT2D eigenvalue weighted by molar-refractivity contribution is 7.13. The molecule has 1 amide bonds. The van der Waals surface area contributed by atoms with E-state index in [0.29, 0.717) is 6.04 Å². The van der Waals surface area contributed by atoms with Crippen molar-refractivity contribution in [1.29, 1.82) is 0 Å². The second-order valence-corrected chi connectivity index (χ2v) is 7.58. The molecule has 0 bridgehead atoms. The molecule has 1 aliphatic heterocycles. The first kappa shape index (κ1) is 16.7. The molecular formula is C17H28N4OS. The molecule has 2 fully saturated rings. The number of carbonyl (C=O) groups is 1. The molecule has 1 aliphatic carbocycles. The average Bonchev–Trinajstić information content (AvgIpc) is 3.00. The Morgan fingerprint density at radius 2 is 1.91 bits per heavy atom. The van der Waals surface area contributed by atoms with E-state index in [1.807, 2.05) is 18.5 Å². The summed E-state index contributed by atoms with van der Waals surface area (Å²) in [5.74, 6) is 0.208. The Morgan fingerprint density at radius 3 is 2.52 bits per heavy atom. The Kier molecular flexibility index (Phi) is 5.89. The number of rotatable bonds is 4. The summed E-state index contributed by atoms with van der Waals surface area (Å²) < 4.78 is 0. The van der Waals surface area contributed by atoms with Crippen LogP contribution < -0.4 is 10.2 Å². The fraction of sp³-hybridized carbons (Fsp3) is 0.765. The topological polar surface area (TPSA) is 48.5 Å². The summed E-state index contributed by atoms with van der Waals surface area (Å²) in [4.78, 5) is 21.6. The summed E-state index contributed by atoms with van der Waals surface area (Å²) in [6.07, 6.45) is 9.31. The van der Waals surface area contributed by atoms with E-state index >= 15 is 0 Å². The Hall–Kier alpha value is -1.14. The lowest BCUT2D eigenvalue weighted by atomic mass is 10.1. The fourth-order valence-electron chi connectivity index (χ4n) is 3.58. The first-order valence-electron chi connectivity index (χ1n) is 8.93. The molecule has 0 aromatic carbocycles. The lowest BCUT2D eigenvalue weighted by molar-refractivity contribution is -0.126. The third-order valence-electron chi connectivity index (χ3n) is 5.13. The van der Waals surface area contributed by atoms with E-state index in [4.69, 9.17) is 0 Å². The van der Waals surface area contributed by atoms with Gasteiger partial charge in [-0.15, -0.1) is 11.3 Å². The second-order valence-electron chi connectivity index (χ2n) is 6.71. The van der Waals surface area contributed by atoms with Gasteiger partial charge in [-0.1, -0.05) is 25.7 Å². The van der Waals surface area contributed by atoms with Gasteiger partial charge in [-0.3, -0.25) is 9.69 Å². The summed E-state index contributed by atoms with van der Waals surface area (Å²) in [6, 6.07) is 0.362. The number of thiazole rings is 1. The molecule has 1 atom stereocenters. The Bertz CT molecular complexity index is 477. The molecule has 3 rings (SSSR count). The standard InChI is InChI=1S/C17H28N4OS/c1-14(16(22)19-15-6-4-2-3-5-7-15)20-9-11-21(12-10-20)17-18-8-13-23-17/h8,13-15H,2-7,9-12H2,1H3,(H,19,22)/t14-/m0/s1. The zero-order valence-electron chi connectivity index (χ0n) is 14.0. The van der Waals surface area contributed by atoms with Crippen molar-refractivity contribution in [2.75, 3.05) is 31.1 Å². The van der Waals surface area contributed by atoms with Crippen molar-refractivity contribution >= 4 is 22.4 Å². The minimum atomic E-state index is -0.0308. The van der Waals surface area contributed by atoms with Gasteiger partial charge < -0.3 is 10.2 Å². The lowest BCUT2D eigenvalue weighted by Gasteiger charge is -2.37. The van der Waals surface area contributed by atoms with Gasteiger partial charge in [0.15, 0.2) is 5.13 Å². The van der Waals surface area contributed by atoms with Gasteiger partial charge in [-0.25, -0.2) is 4.98 Å². The van der Waals surface area contributed by atoms with Crippen molar-refractivity contribution in [2.45, 2.75) is 57.5 Å². The van der Waals surface area contributed by atoms with Gasteiger partial charge in [0.05, 0.1) is 6.04 Å². The first-order valence-corrected chi connectivity index (χ1v) is 9.81. The fourth-order valence-corrected chi connectivity index (χ4v) is 4.28.